The Morgan fingerprint density at radius 3 is 2.31 bits per heavy atom. The average Bonchev–Trinajstić information content (AvgIpc) is 2.84. The molecule has 13 heavy (non-hydrogen) atoms. The molecule has 3 heteroatoms. The molecular weight excluding hydrogens is 164 g/mol. The molecule has 76 valence electrons. The van der Waals surface area contributed by atoms with E-state index in [1.807, 2.05) is 18.7 Å². The summed E-state index contributed by atoms with van der Waals surface area (Å²) in [6, 6.07) is 0. The predicted octanol–water partition coefficient (Wildman–Crippen LogP) is 0.997. The van der Waals surface area contributed by atoms with Crippen molar-refractivity contribution in [3.63, 3.8) is 0 Å². The van der Waals surface area contributed by atoms with Crippen LogP contribution in [0.5, 0.6) is 0 Å². The van der Waals surface area contributed by atoms with Crippen molar-refractivity contribution in [1.82, 2.24) is 10.2 Å². The Bertz CT molecular complexity index is 183. The molecule has 1 N–H and O–H groups in total. The summed E-state index contributed by atoms with van der Waals surface area (Å²) in [7, 11) is 0. The molecule has 1 rings (SSSR count). The monoisotopic (exact) mass is 184 g/mol. The first kappa shape index (κ1) is 10.5. The van der Waals surface area contributed by atoms with E-state index in [1.165, 1.54) is 12.8 Å². The van der Waals surface area contributed by atoms with Crippen molar-refractivity contribution in [2.24, 2.45) is 0 Å². The van der Waals surface area contributed by atoms with Crippen molar-refractivity contribution in [2.45, 2.75) is 39.2 Å². The SMILES string of the molecule is CCN(CC)C(=O)CNC1(C)CC1. The predicted molar refractivity (Wildman–Crippen MR) is 53.6 cm³/mol. The number of likely N-dealkylation sites (N-methyl/N-ethyl adjacent to an activating group) is 1. The first-order valence-corrected chi connectivity index (χ1v) is 5.14. The van der Waals surface area contributed by atoms with Gasteiger partial charge in [-0.15, -0.1) is 0 Å². The molecule has 1 saturated carbocycles. The molecule has 0 heterocycles. The summed E-state index contributed by atoms with van der Waals surface area (Å²) in [5, 5.41) is 3.29. The molecule has 0 aromatic heterocycles. The van der Waals surface area contributed by atoms with Crippen LogP contribution in [0.15, 0.2) is 0 Å². The second kappa shape index (κ2) is 4.09. The van der Waals surface area contributed by atoms with Gasteiger partial charge in [-0.3, -0.25) is 4.79 Å². The van der Waals surface area contributed by atoms with Gasteiger partial charge in [0.2, 0.25) is 5.91 Å². The van der Waals surface area contributed by atoms with Gasteiger partial charge in [0, 0.05) is 18.6 Å². The van der Waals surface area contributed by atoms with Crippen LogP contribution in [0.25, 0.3) is 0 Å². The minimum absolute atomic E-state index is 0.220. The molecule has 0 saturated heterocycles. The number of hydrogen-bond acceptors (Lipinski definition) is 2. The fourth-order valence-electron chi connectivity index (χ4n) is 1.34. The Balaban J connectivity index is 2.23. The zero-order chi connectivity index (χ0) is 9.90. The molecule has 0 aromatic rings. The number of carbonyl (C=O) groups is 1. The van der Waals surface area contributed by atoms with Gasteiger partial charge in [-0.25, -0.2) is 0 Å². The van der Waals surface area contributed by atoms with Crippen molar-refractivity contribution in [3.8, 4) is 0 Å². The van der Waals surface area contributed by atoms with E-state index in [0.29, 0.717) is 6.54 Å². The maximum Gasteiger partial charge on any atom is 0.236 e. The van der Waals surface area contributed by atoms with Gasteiger partial charge in [0.1, 0.15) is 0 Å². The molecule has 1 aliphatic rings. The molecule has 0 aliphatic heterocycles. The van der Waals surface area contributed by atoms with Crippen LogP contribution in [0.1, 0.15) is 33.6 Å². The summed E-state index contributed by atoms with van der Waals surface area (Å²) in [6.45, 7) is 8.32. The largest absolute Gasteiger partial charge is 0.342 e. The first-order valence-electron chi connectivity index (χ1n) is 5.14. The molecule has 0 bridgehead atoms. The molecule has 1 amide bonds. The van der Waals surface area contributed by atoms with Gasteiger partial charge in [-0.1, -0.05) is 0 Å². The Morgan fingerprint density at radius 1 is 1.38 bits per heavy atom. The number of carbonyl (C=O) groups excluding carboxylic acids is 1. The number of rotatable bonds is 5. The fourth-order valence-corrected chi connectivity index (χ4v) is 1.34. The second-order valence-electron chi connectivity index (χ2n) is 3.98. The third kappa shape index (κ3) is 2.99. The van der Waals surface area contributed by atoms with Crippen LogP contribution in [-0.4, -0.2) is 36.0 Å². The van der Waals surface area contributed by atoms with Crippen LogP contribution in [-0.2, 0) is 4.79 Å². The molecule has 0 aromatic carbocycles. The summed E-state index contributed by atoms with van der Waals surface area (Å²) in [4.78, 5) is 13.4. The average molecular weight is 184 g/mol. The number of hydrogen-bond donors (Lipinski definition) is 1. The topological polar surface area (TPSA) is 32.3 Å². The highest BCUT2D eigenvalue weighted by atomic mass is 16.2. The smallest absolute Gasteiger partial charge is 0.236 e. The Morgan fingerprint density at radius 2 is 1.92 bits per heavy atom. The summed E-state index contributed by atoms with van der Waals surface area (Å²) in [5.41, 5.74) is 0.267. The zero-order valence-electron chi connectivity index (χ0n) is 8.89. The number of nitrogens with zero attached hydrogens (tertiary/aromatic N) is 1. The summed E-state index contributed by atoms with van der Waals surface area (Å²) >= 11 is 0. The quantitative estimate of drug-likeness (QED) is 0.691. The third-order valence-electron chi connectivity index (χ3n) is 2.78. The highest BCUT2D eigenvalue weighted by Crippen LogP contribution is 2.33. The Hall–Kier alpha value is -0.570. The highest BCUT2D eigenvalue weighted by molar-refractivity contribution is 5.78. The van der Waals surface area contributed by atoms with Crippen LogP contribution < -0.4 is 5.32 Å². The minimum Gasteiger partial charge on any atom is -0.342 e. The van der Waals surface area contributed by atoms with Crippen LogP contribution in [0.3, 0.4) is 0 Å². The fraction of sp³-hybridized carbons (Fsp3) is 0.900. The molecule has 0 unspecified atom stereocenters. The standard InChI is InChI=1S/C10H20N2O/c1-4-12(5-2)9(13)8-11-10(3)6-7-10/h11H,4-8H2,1-3H3. The molecule has 0 radical (unpaired) electrons. The summed E-state index contributed by atoms with van der Waals surface area (Å²) in [5.74, 6) is 0.220. The van der Waals surface area contributed by atoms with Gasteiger partial charge >= 0.3 is 0 Å². The van der Waals surface area contributed by atoms with Crippen LogP contribution in [0, 0.1) is 0 Å². The van der Waals surface area contributed by atoms with Crippen LogP contribution in [0.4, 0.5) is 0 Å². The van der Waals surface area contributed by atoms with E-state index in [9.17, 15) is 4.79 Å². The summed E-state index contributed by atoms with van der Waals surface area (Å²) in [6.07, 6.45) is 2.41. The lowest BCUT2D eigenvalue weighted by atomic mass is 10.3. The first-order chi connectivity index (χ1) is 6.11. The van der Waals surface area contributed by atoms with Gasteiger partial charge < -0.3 is 10.2 Å². The zero-order valence-corrected chi connectivity index (χ0v) is 8.89. The van der Waals surface area contributed by atoms with E-state index >= 15 is 0 Å². The molecular formula is C10H20N2O. The van der Waals surface area contributed by atoms with Gasteiger partial charge in [-0.2, -0.15) is 0 Å². The maximum absolute atomic E-state index is 11.5. The number of nitrogens with one attached hydrogen (secondary N) is 1. The molecule has 0 spiro atoms. The molecule has 1 aliphatic carbocycles. The van der Waals surface area contributed by atoms with Gasteiger partial charge in [0.25, 0.3) is 0 Å². The highest BCUT2D eigenvalue weighted by Gasteiger charge is 2.37. The lowest BCUT2D eigenvalue weighted by molar-refractivity contribution is -0.130. The van der Waals surface area contributed by atoms with E-state index in [1.54, 1.807) is 0 Å². The normalized spacial score (nSPS) is 18.4. The number of amides is 1. The van der Waals surface area contributed by atoms with E-state index in [-0.39, 0.29) is 11.4 Å². The van der Waals surface area contributed by atoms with E-state index in [2.05, 4.69) is 12.2 Å². The maximum atomic E-state index is 11.5. The second-order valence-corrected chi connectivity index (χ2v) is 3.98. The van der Waals surface area contributed by atoms with Gasteiger partial charge in [0.05, 0.1) is 6.54 Å². The Kier molecular flexibility index (Phi) is 3.31. The van der Waals surface area contributed by atoms with E-state index < -0.39 is 0 Å². The van der Waals surface area contributed by atoms with E-state index in [0.717, 1.165) is 13.1 Å². The lowest BCUT2D eigenvalue weighted by Gasteiger charge is -2.20. The van der Waals surface area contributed by atoms with Gasteiger partial charge in [0.15, 0.2) is 0 Å². The van der Waals surface area contributed by atoms with Crippen molar-refractivity contribution in [2.75, 3.05) is 19.6 Å². The van der Waals surface area contributed by atoms with Crippen molar-refractivity contribution >= 4 is 5.91 Å². The third-order valence-corrected chi connectivity index (χ3v) is 2.78. The molecule has 0 atom stereocenters. The molecule has 1 fully saturated rings. The van der Waals surface area contributed by atoms with Gasteiger partial charge in [-0.05, 0) is 33.6 Å². The summed E-state index contributed by atoms with van der Waals surface area (Å²) < 4.78 is 0. The minimum atomic E-state index is 0.220. The van der Waals surface area contributed by atoms with Crippen molar-refractivity contribution in [1.29, 1.82) is 0 Å². The van der Waals surface area contributed by atoms with Crippen molar-refractivity contribution < 1.29 is 4.79 Å². The molecule has 3 nitrogen and oxygen atoms in total. The van der Waals surface area contributed by atoms with Crippen molar-refractivity contribution in [3.05, 3.63) is 0 Å². The van der Waals surface area contributed by atoms with Crippen LogP contribution >= 0.6 is 0 Å². The lowest BCUT2D eigenvalue weighted by Crippen LogP contribution is -2.41. The van der Waals surface area contributed by atoms with Crippen LogP contribution in [0.2, 0.25) is 0 Å². The van der Waals surface area contributed by atoms with E-state index in [4.69, 9.17) is 0 Å². The Labute approximate surface area is 80.5 Å².